The SMILES string of the molecule is CCN(C(=O)OC(C)(C)C)c1cc(F)cc2c1[nH]c1nc(SC)nc(SC)c12. The van der Waals surface area contributed by atoms with Crippen LogP contribution in [-0.2, 0) is 4.74 Å². The number of aromatic amines is 1. The zero-order valence-electron chi connectivity index (χ0n) is 16.7. The van der Waals surface area contributed by atoms with Crippen molar-refractivity contribution in [1.82, 2.24) is 15.0 Å². The lowest BCUT2D eigenvalue weighted by Crippen LogP contribution is -2.37. The molecule has 150 valence electrons. The molecule has 0 radical (unpaired) electrons. The predicted molar refractivity (Wildman–Crippen MR) is 114 cm³/mol. The van der Waals surface area contributed by atoms with E-state index in [0.29, 0.717) is 33.9 Å². The second-order valence-corrected chi connectivity index (χ2v) is 8.71. The number of amides is 1. The van der Waals surface area contributed by atoms with E-state index in [4.69, 9.17) is 4.74 Å². The molecule has 0 atom stereocenters. The number of benzene rings is 1. The number of fused-ring (bicyclic) bond motifs is 3. The molecule has 0 unspecified atom stereocenters. The Balaban J connectivity index is 2.27. The standard InChI is InChI=1S/C19H23FN4O2S2/c1-7-24(18(25)26-19(2,3)4)12-9-10(20)8-11-13-15(21-14(11)12)22-17(28-6)23-16(13)27-5/h8-9H,7H2,1-6H3,(H,21,22,23). The molecule has 3 rings (SSSR count). The number of thioether (sulfide) groups is 2. The van der Waals surface area contributed by atoms with Crippen molar-refractivity contribution in [3.8, 4) is 0 Å². The van der Waals surface area contributed by atoms with Crippen LogP contribution in [0.1, 0.15) is 27.7 Å². The summed E-state index contributed by atoms with van der Waals surface area (Å²) >= 11 is 2.91. The van der Waals surface area contributed by atoms with Gasteiger partial charge in [0, 0.05) is 11.9 Å². The monoisotopic (exact) mass is 422 g/mol. The minimum Gasteiger partial charge on any atom is -0.443 e. The molecule has 2 aromatic heterocycles. The quantitative estimate of drug-likeness (QED) is 0.342. The van der Waals surface area contributed by atoms with Gasteiger partial charge in [0.05, 0.1) is 16.6 Å². The molecule has 0 saturated heterocycles. The van der Waals surface area contributed by atoms with Gasteiger partial charge in [-0.05, 0) is 52.3 Å². The van der Waals surface area contributed by atoms with Gasteiger partial charge in [0.1, 0.15) is 22.1 Å². The average molecular weight is 423 g/mol. The molecule has 0 saturated carbocycles. The summed E-state index contributed by atoms with van der Waals surface area (Å²) < 4.78 is 20.0. The minimum atomic E-state index is -0.651. The zero-order chi connectivity index (χ0) is 20.6. The van der Waals surface area contributed by atoms with Crippen LogP contribution in [0.3, 0.4) is 0 Å². The first kappa shape index (κ1) is 20.7. The van der Waals surface area contributed by atoms with Crippen molar-refractivity contribution in [2.45, 2.75) is 43.5 Å². The van der Waals surface area contributed by atoms with Crippen molar-refractivity contribution in [3.63, 3.8) is 0 Å². The number of hydrogen-bond donors (Lipinski definition) is 1. The number of carbonyl (C=O) groups excluding carboxylic acids is 1. The Bertz CT molecular complexity index is 1050. The topological polar surface area (TPSA) is 71.1 Å². The Morgan fingerprint density at radius 3 is 2.54 bits per heavy atom. The number of aromatic nitrogens is 3. The number of nitrogens with one attached hydrogen (secondary N) is 1. The van der Waals surface area contributed by atoms with E-state index in [1.807, 2.05) is 19.4 Å². The molecule has 9 heteroatoms. The van der Waals surface area contributed by atoms with E-state index in [0.717, 1.165) is 10.4 Å². The molecule has 0 fully saturated rings. The van der Waals surface area contributed by atoms with Crippen LogP contribution in [0.25, 0.3) is 21.9 Å². The summed E-state index contributed by atoms with van der Waals surface area (Å²) in [4.78, 5) is 26.5. The smallest absolute Gasteiger partial charge is 0.414 e. The van der Waals surface area contributed by atoms with Crippen LogP contribution >= 0.6 is 23.5 Å². The summed E-state index contributed by atoms with van der Waals surface area (Å²) in [5.41, 5.74) is 1.02. The normalized spacial score (nSPS) is 12.0. The number of H-pyrrole nitrogens is 1. The molecular formula is C19H23FN4O2S2. The number of ether oxygens (including phenoxy) is 1. The summed E-state index contributed by atoms with van der Waals surface area (Å²) in [5.74, 6) is -0.439. The number of halogens is 1. The van der Waals surface area contributed by atoms with Crippen molar-refractivity contribution in [1.29, 1.82) is 0 Å². The first-order valence-electron chi connectivity index (χ1n) is 8.80. The van der Waals surface area contributed by atoms with Gasteiger partial charge >= 0.3 is 6.09 Å². The van der Waals surface area contributed by atoms with Crippen molar-refractivity contribution in [2.24, 2.45) is 0 Å². The van der Waals surface area contributed by atoms with Crippen molar-refractivity contribution >= 4 is 57.2 Å². The molecule has 0 aliphatic rings. The third-order valence-electron chi connectivity index (χ3n) is 4.05. The van der Waals surface area contributed by atoms with Gasteiger partial charge < -0.3 is 9.72 Å². The maximum Gasteiger partial charge on any atom is 0.414 e. The Morgan fingerprint density at radius 2 is 1.96 bits per heavy atom. The fourth-order valence-corrected chi connectivity index (χ4v) is 3.97. The number of hydrogen-bond acceptors (Lipinski definition) is 6. The van der Waals surface area contributed by atoms with E-state index in [1.165, 1.54) is 40.6 Å². The summed E-state index contributed by atoms with van der Waals surface area (Å²) in [6.07, 6.45) is 3.30. The number of rotatable bonds is 4. The van der Waals surface area contributed by atoms with E-state index >= 15 is 0 Å². The summed E-state index contributed by atoms with van der Waals surface area (Å²) in [5, 5.41) is 2.78. The van der Waals surface area contributed by atoms with E-state index < -0.39 is 17.5 Å². The highest BCUT2D eigenvalue weighted by Crippen LogP contribution is 2.37. The molecule has 0 aliphatic heterocycles. The Labute approximate surface area is 171 Å². The molecule has 0 bridgehead atoms. The largest absolute Gasteiger partial charge is 0.443 e. The highest BCUT2D eigenvalue weighted by molar-refractivity contribution is 7.99. The van der Waals surface area contributed by atoms with Gasteiger partial charge in [0.2, 0.25) is 0 Å². The molecule has 1 N–H and O–H groups in total. The average Bonchev–Trinajstić information content (AvgIpc) is 2.98. The van der Waals surface area contributed by atoms with Crippen LogP contribution in [0, 0.1) is 5.82 Å². The third-order valence-corrected chi connectivity index (χ3v) is 5.28. The summed E-state index contributed by atoms with van der Waals surface area (Å²) in [7, 11) is 0. The molecule has 2 heterocycles. The molecular weight excluding hydrogens is 399 g/mol. The van der Waals surface area contributed by atoms with Gasteiger partial charge in [-0.3, -0.25) is 4.90 Å². The lowest BCUT2D eigenvalue weighted by molar-refractivity contribution is 0.0582. The molecule has 0 spiro atoms. The second kappa shape index (κ2) is 7.79. The third kappa shape index (κ3) is 3.91. The van der Waals surface area contributed by atoms with Gasteiger partial charge in [-0.15, -0.1) is 11.8 Å². The van der Waals surface area contributed by atoms with Crippen LogP contribution in [-0.4, -0.2) is 45.7 Å². The van der Waals surface area contributed by atoms with Crippen LogP contribution in [0.5, 0.6) is 0 Å². The number of carbonyl (C=O) groups is 1. The molecule has 28 heavy (non-hydrogen) atoms. The van der Waals surface area contributed by atoms with Gasteiger partial charge in [0.15, 0.2) is 5.16 Å². The minimum absolute atomic E-state index is 0.333. The van der Waals surface area contributed by atoms with Crippen LogP contribution in [0.4, 0.5) is 14.9 Å². The predicted octanol–water partition coefficient (Wildman–Crippen LogP) is 5.46. The maximum absolute atomic E-state index is 14.5. The van der Waals surface area contributed by atoms with Crippen molar-refractivity contribution < 1.29 is 13.9 Å². The molecule has 6 nitrogen and oxygen atoms in total. The first-order valence-corrected chi connectivity index (χ1v) is 11.2. The van der Waals surface area contributed by atoms with Crippen LogP contribution in [0.2, 0.25) is 0 Å². The van der Waals surface area contributed by atoms with E-state index in [1.54, 1.807) is 20.8 Å². The lowest BCUT2D eigenvalue weighted by Gasteiger charge is -2.27. The Morgan fingerprint density at radius 1 is 1.25 bits per heavy atom. The molecule has 3 aromatic rings. The Kier molecular flexibility index (Phi) is 5.77. The zero-order valence-corrected chi connectivity index (χ0v) is 18.3. The van der Waals surface area contributed by atoms with E-state index in [-0.39, 0.29) is 0 Å². The molecule has 0 aliphatic carbocycles. The van der Waals surface area contributed by atoms with Gasteiger partial charge in [0.25, 0.3) is 0 Å². The van der Waals surface area contributed by atoms with Gasteiger partial charge in [-0.1, -0.05) is 11.8 Å². The second-order valence-electron chi connectivity index (χ2n) is 7.14. The number of anilines is 1. The molecule has 1 aromatic carbocycles. The van der Waals surface area contributed by atoms with Gasteiger partial charge in [-0.2, -0.15) is 0 Å². The highest BCUT2D eigenvalue weighted by Gasteiger charge is 2.26. The first-order chi connectivity index (χ1) is 13.2. The summed E-state index contributed by atoms with van der Waals surface area (Å²) in [6.45, 7) is 7.55. The van der Waals surface area contributed by atoms with Crippen LogP contribution in [0.15, 0.2) is 22.3 Å². The van der Waals surface area contributed by atoms with Crippen LogP contribution < -0.4 is 4.90 Å². The fourth-order valence-electron chi connectivity index (χ4n) is 2.96. The maximum atomic E-state index is 14.5. The summed E-state index contributed by atoms with van der Waals surface area (Å²) in [6, 6.07) is 2.79. The Hall–Kier alpha value is -2.00. The lowest BCUT2D eigenvalue weighted by atomic mass is 10.1. The van der Waals surface area contributed by atoms with E-state index in [2.05, 4.69) is 15.0 Å². The van der Waals surface area contributed by atoms with Crippen molar-refractivity contribution in [3.05, 3.63) is 17.9 Å². The highest BCUT2D eigenvalue weighted by atomic mass is 32.2. The molecule has 1 amide bonds. The fraction of sp³-hybridized carbons (Fsp3) is 0.421. The number of nitrogens with zero attached hydrogens (tertiary/aromatic N) is 3. The van der Waals surface area contributed by atoms with Gasteiger partial charge in [-0.25, -0.2) is 19.2 Å². The van der Waals surface area contributed by atoms with E-state index in [9.17, 15) is 9.18 Å². The van der Waals surface area contributed by atoms with Crippen molar-refractivity contribution in [2.75, 3.05) is 24.0 Å².